The predicted molar refractivity (Wildman–Crippen MR) is 145 cm³/mol. The highest BCUT2D eigenvalue weighted by atomic mass is 19.1. The fourth-order valence-electron chi connectivity index (χ4n) is 5.65. The van der Waals surface area contributed by atoms with Crippen molar-refractivity contribution < 1.29 is 22.7 Å². The van der Waals surface area contributed by atoms with E-state index in [0.717, 1.165) is 47.7 Å². The fraction of sp³-hybridized carbons (Fsp3) is 0.290. The van der Waals surface area contributed by atoms with Gasteiger partial charge in [-0.2, -0.15) is 0 Å². The zero-order chi connectivity index (χ0) is 27.3. The van der Waals surface area contributed by atoms with Gasteiger partial charge >= 0.3 is 0 Å². The van der Waals surface area contributed by atoms with Crippen LogP contribution in [0.1, 0.15) is 51.8 Å². The number of aromatic nitrogens is 1. The van der Waals surface area contributed by atoms with Gasteiger partial charge in [0, 0.05) is 55.3 Å². The number of anilines is 1. The van der Waals surface area contributed by atoms with Crippen LogP contribution in [0.2, 0.25) is 0 Å². The van der Waals surface area contributed by atoms with Gasteiger partial charge in [0.2, 0.25) is 0 Å². The quantitative estimate of drug-likeness (QED) is 0.384. The van der Waals surface area contributed by atoms with Crippen molar-refractivity contribution in [2.45, 2.75) is 38.1 Å². The van der Waals surface area contributed by atoms with Crippen molar-refractivity contribution >= 4 is 17.2 Å². The molecule has 6 rings (SSSR count). The Morgan fingerprint density at radius 3 is 2.74 bits per heavy atom. The topological polar surface area (TPSA) is 58.8 Å². The largest absolute Gasteiger partial charge is 0.440 e. The van der Waals surface area contributed by atoms with Gasteiger partial charge in [-0.05, 0) is 67.8 Å². The first-order chi connectivity index (χ1) is 18.8. The zero-order valence-corrected chi connectivity index (χ0v) is 21.9. The molecule has 1 atom stereocenters. The summed E-state index contributed by atoms with van der Waals surface area (Å²) in [6.07, 6.45) is 9.88. The number of oxazole rings is 1. The summed E-state index contributed by atoms with van der Waals surface area (Å²) in [5.41, 5.74) is 5.18. The number of fused-ring (bicyclic) bond motifs is 3. The predicted octanol–water partition coefficient (Wildman–Crippen LogP) is 6.38. The second-order valence-corrected chi connectivity index (χ2v) is 10.3. The third kappa shape index (κ3) is 4.48. The normalized spacial score (nSPS) is 18.5. The second kappa shape index (κ2) is 9.93. The van der Waals surface area contributed by atoms with Crippen molar-refractivity contribution in [3.8, 4) is 11.3 Å². The molecule has 3 aliphatic heterocycles. The maximum Gasteiger partial charge on any atom is 0.257 e. The molecule has 0 N–H and O–H groups in total. The van der Waals surface area contributed by atoms with Gasteiger partial charge in [0.15, 0.2) is 11.7 Å². The Morgan fingerprint density at radius 1 is 1.21 bits per heavy atom. The number of hydrogen-bond donors (Lipinski definition) is 0. The highest BCUT2D eigenvalue weighted by Gasteiger charge is 2.33. The van der Waals surface area contributed by atoms with E-state index in [4.69, 9.17) is 14.1 Å². The van der Waals surface area contributed by atoms with Crippen LogP contribution < -0.4 is 4.90 Å². The number of carbonyl (C=O) groups excluding carboxylic acids is 1. The zero-order valence-electron chi connectivity index (χ0n) is 21.9. The Morgan fingerprint density at radius 2 is 2.00 bits per heavy atom. The average molecular weight is 530 g/mol. The van der Waals surface area contributed by atoms with Gasteiger partial charge in [0.05, 0.1) is 11.6 Å². The summed E-state index contributed by atoms with van der Waals surface area (Å²) in [7, 11) is 1.69. The van der Waals surface area contributed by atoms with E-state index in [2.05, 4.69) is 17.6 Å². The highest BCUT2D eigenvalue weighted by Crippen LogP contribution is 2.43. The summed E-state index contributed by atoms with van der Waals surface area (Å²) < 4.78 is 40.4. The Hall–Kier alpha value is -4.04. The summed E-state index contributed by atoms with van der Waals surface area (Å²) in [6.45, 7) is 6.91. The molecular weight excluding hydrogens is 500 g/mol. The summed E-state index contributed by atoms with van der Waals surface area (Å²) in [4.78, 5) is 21.3. The number of halogens is 2. The van der Waals surface area contributed by atoms with Crippen LogP contribution in [0.5, 0.6) is 0 Å². The van der Waals surface area contributed by atoms with Crippen LogP contribution in [0.4, 0.5) is 14.5 Å². The molecule has 8 heteroatoms. The van der Waals surface area contributed by atoms with Gasteiger partial charge in [-0.25, -0.2) is 13.8 Å². The molecule has 0 spiro atoms. The second-order valence-electron chi connectivity index (χ2n) is 10.3. The van der Waals surface area contributed by atoms with Gasteiger partial charge in [-0.1, -0.05) is 18.7 Å². The Labute approximate surface area is 225 Å². The number of amides is 1. The van der Waals surface area contributed by atoms with Crippen LogP contribution in [-0.4, -0.2) is 42.1 Å². The van der Waals surface area contributed by atoms with E-state index >= 15 is 0 Å². The number of rotatable bonds is 5. The lowest BCUT2D eigenvalue weighted by molar-refractivity contribution is 0.0796. The van der Waals surface area contributed by atoms with Gasteiger partial charge in [0.25, 0.3) is 5.91 Å². The smallest absolute Gasteiger partial charge is 0.257 e. The number of carbonyl (C=O) groups is 1. The van der Waals surface area contributed by atoms with Crippen LogP contribution in [0.3, 0.4) is 0 Å². The minimum atomic E-state index is -0.701. The number of allylic oxidation sites excluding steroid dienone is 2. The van der Waals surface area contributed by atoms with E-state index in [9.17, 15) is 13.6 Å². The first-order valence-electron chi connectivity index (χ1n) is 13.1. The van der Waals surface area contributed by atoms with Gasteiger partial charge in [0.1, 0.15) is 17.3 Å². The Kier molecular flexibility index (Phi) is 6.43. The Bertz CT molecular complexity index is 1530. The molecule has 2 aromatic carbocycles. The molecule has 0 bridgehead atoms. The van der Waals surface area contributed by atoms with Gasteiger partial charge in [-0.3, -0.25) is 4.79 Å². The van der Waals surface area contributed by atoms with E-state index in [-0.39, 0.29) is 29.2 Å². The molecule has 0 aliphatic carbocycles. The van der Waals surface area contributed by atoms with Crippen molar-refractivity contribution in [3.05, 3.63) is 101 Å². The number of hydrogen-bond acceptors (Lipinski definition) is 5. The van der Waals surface area contributed by atoms with Crippen molar-refractivity contribution in [3.63, 3.8) is 0 Å². The molecule has 1 unspecified atom stereocenters. The highest BCUT2D eigenvalue weighted by molar-refractivity contribution is 5.96. The molecule has 1 fully saturated rings. The molecular formula is C31H29F2N3O3. The van der Waals surface area contributed by atoms with Crippen LogP contribution >= 0.6 is 0 Å². The monoisotopic (exact) mass is 529 g/mol. The van der Waals surface area contributed by atoms with E-state index < -0.39 is 11.6 Å². The summed E-state index contributed by atoms with van der Waals surface area (Å²) in [6, 6.07) is 7.41. The molecule has 200 valence electrons. The number of aryl methyl sites for hydroxylation is 1. The lowest BCUT2D eigenvalue weighted by Gasteiger charge is -2.27. The molecule has 0 radical (unpaired) electrons. The average Bonchev–Trinajstić information content (AvgIpc) is 3.54. The minimum Gasteiger partial charge on any atom is -0.440 e. The molecule has 0 saturated carbocycles. The van der Waals surface area contributed by atoms with Gasteiger partial charge in [-0.15, -0.1) is 0 Å². The molecule has 3 aromatic rings. The fourth-order valence-corrected chi connectivity index (χ4v) is 5.65. The van der Waals surface area contributed by atoms with Crippen LogP contribution in [0.25, 0.3) is 16.9 Å². The van der Waals surface area contributed by atoms with Crippen LogP contribution in [-0.2, 0) is 11.2 Å². The van der Waals surface area contributed by atoms with Crippen LogP contribution in [0.15, 0.2) is 65.9 Å². The third-order valence-electron chi connectivity index (χ3n) is 7.70. The molecule has 6 nitrogen and oxygen atoms in total. The van der Waals surface area contributed by atoms with E-state index in [1.165, 1.54) is 23.2 Å². The first kappa shape index (κ1) is 25.2. The molecule has 1 aromatic heterocycles. The lowest BCUT2D eigenvalue weighted by atomic mass is 10.0. The van der Waals surface area contributed by atoms with Crippen molar-refractivity contribution in [1.29, 1.82) is 0 Å². The van der Waals surface area contributed by atoms with Crippen molar-refractivity contribution in [1.82, 2.24) is 9.88 Å². The van der Waals surface area contributed by atoms with E-state index in [0.29, 0.717) is 30.4 Å². The maximum absolute atomic E-state index is 15.0. The first-order valence-corrected chi connectivity index (χ1v) is 13.1. The summed E-state index contributed by atoms with van der Waals surface area (Å²) in [5, 5.41) is 0. The lowest BCUT2D eigenvalue weighted by Crippen LogP contribution is -2.27. The maximum atomic E-state index is 15.0. The minimum absolute atomic E-state index is 0.0649. The van der Waals surface area contributed by atoms with E-state index in [1.807, 2.05) is 31.3 Å². The summed E-state index contributed by atoms with van der Waals surface area (Å²) >= 11 is 0. The number of benzene rings is 2. The Balaban J connectivity index is 1.42. The number of ether oxygens (including phenoxy) is 1. The molecule has 3 aliphatic rings. The molecule has 39 heavy (non-hydrogen) atoms. The molecule has 4 heterocycles. The standard InChI is InChI=1S/C31H29F2N3O3/c1-4-35(3)31(37)22-13-18(2)28-21(14-22)15-24-7-5-20(17-36(24)28)27-29(25-8-6-23(32)16-26(25)33)39-30(34-27)19-9-11-38-12-10-19/h4-8,13-14,16-17,19,24H,1,9-12,15H2,2-3H3. The molecule has 1 amide bonds. The van der Waals surface area contributed by atoms with Crippen molar-refractivity contribution in [2.75, 3.05) is 25.2 Å². The molecule has 1 saturated heterocycles. The summed E-state index contributed by atoms with van der Waals surface area (Å²) in [5.74, 6) is -0.572. The van der Waals surface area contributed by atoms with Crippen LogP contribution in [0, 0.1) is 18.6 Å². The number of nitrogens with zero attached hydrogens (tertiary/aromatic N) is 3. The SMILES string of the molecule is C=CN(C)C(=O)c1cc(C)c2c(c1)CC1C=CC(c3nc(C4CCOCC4)oc3-c3ccc(F)cc3F)=CN21. The third-order valence-corrected chi connectivity index (χ3v) is 7.70. The van der Waals surface area contributed by atoms with Crippen molar-refractivity contribution in [2.24, 2.45) is 0 Å². The van der Waals surface area contributed by atoms with E-state index in [1.54, 1.807) is 7.05 Å². The van der Waals surface area contributed by atoms with Gasteiger partial charge < -0.3 is 19.0 Å².